The smallest absolute Gasteiger partial charge is 0.313 e. The lowest BCUT2D eigenvalue weighted by Crippen LogP contribution is -2.17. The van der Waals surface area contributed by atoms with Crippen molar-refractivity contribution in [2.45, 2.75) is 12.8 Å². The van der Waals surface area contributed by atoms with Crippen molar-refractivity contribution in [2.24, 2.45) is 5.92 Å². The number of carbonyl (C=O) groups is 1. The van der Waals surface area contributed by atoms with Crippen molar-refractivity contribution >= 4 is 29.1 Å². The molecule has 4 nitrogen and oxygen atoms in total. The molecular formula is C12H16O4S2. The lowest BCUT2D eigenvalue weighted by molar-refractivity contribution is -0.133. The first-order valence-corrected chi connectivity index (χ1v) is 7.97. The van der Waals surface area contributed by atoms with E-state index >= 15 is 0 Å². The minimum absolute atomic E-state index is 0.189. The molecule has 1 N–H and O–H groups in total. The molecule has 0 amide bonds. The summed E-state index contributed by atoms with van der Waals surface area (Å²) in [5.41, 5.74) is 0. The SMILES string of the molecule is O=C(O)CSCCCC1COc2cscc2OC1. The van der Waals surface area contributed by atoms with E-state index < -0.39 is 5.97 Å². The third-order valence-electron chi connectivity index (χ3n) is 2.67. The summed E-state index contributed by atoms with van der Waals surface area (Å²) in [7, 11) is 0. The number of carboxylic acids is 1. The van der Waals surface area contributed by atoms with Crippen molar-refractivity contribution < 1.29 is 19.4 Å². The average molecular weight is 288 g/mol. The first kappa shape index (κ1) is 13.5. The third kappa shape index (κ3) is 4.10. The fraction of sp³-hybridized carbons (Fsp3) is 0.583. The van der Waals surface area contributed by atoms with Crippen LogP contribution in [0.1, 0.15) is 12.8 Å². The second-order valence-corrected chi connectivity index (χ2v) is 6.03. The van der Waals surface area contributed by atoms with Crippen LogP contribution < -0.4 is 9.47 Å². The molecule has 0 aromatic carbocycles. The van der Waals surface area contributed by atoms with Gasteiger partial charge in [0.25, 0.3) is 0 Å². The van der Waals surface area contributed by atoms with Gasteiger partial charge < -0.3 is 14.6 Å². The largest absolute Gasteiger partial charge is 0.488 e. The molecule has 2 heterocycles. The van der Waals surface area contributed by atoms with Gasteiger partial charge in [-0.3, -0.25) is 4.79 Å². The fourth-order valence-corrected chi connectivity index (χ4v) is 3.12. The van der Waals surface area contributed by atoms with E-state index in [0.29, 0.717) is 19.1 Å². The Labute approximate surface area is 114 Å². The highest BCUT2D eigenvalue weighted by atomic mass is 32.2. The third-order valence-corrected chi connectivity index (χ3v) is 4.40. The van der Waals surface area contributed by atoms with Gasteiger partial charge in [-0.05, 0) is 18.6 Å². The summed E-state index contributed by atoms with van der Waals surface area (Å²) >= 11 is 3.05. The van der Waals surface area contributed by atoms with E-state index in [9.17, 15) is 4.79 Å². The maximum atomic E-state index is 10.3. The molecule has 100 valence electrons. The Morgan fingerprint density at radius 2 is 2.06 bits per heavy atom. The lowest BCUT2D eigenvalue weighted by Gasteiger charge is -2.12. The average Bonchev–Trinajstić information content (AvgIpc) is 2.70. The van der Waals surface area contributed by atoms with E-state index in [1.807, 2.05) is 10.8 Å². The van der Waals surface area contributed by atoms with E-state index in [2.05, 4.69) is 0 Å². The van der Waals surface area contributed by atoms with E-state index in [0.717, 1.165) is 30.1 Å². The van der Waals surface area contributed by atoms with Crippen LogP contribution in [0.4, 0.5) is 0 Å². The van der Waals surface area contributed by atoms with Gasteiger partial charge in [0.2, 0.25) is 0 Å². The second kappa shape index (κ2) is 6.89. The van der Waals surface area contributed by atoms with Gasteiger partial charge >= 0.3 is 5.97 Å². The van der Waals surface area contributed by atoms with Crippen molar-refractivity contribution in [1.82, 2.24) is 0 Å². The van der Waals surface area contributed by atoms with E-state index in [1.165, 1.54) is 11.8 Å². The van der Waals surface area contributed by atoms with Crippen LogP contribution in [0.3, 0.4) is 0 Å². The van der Waals surface area contributed by atoms with Gasteiger partial charge in [-0.15, -0.1) is 11.3 Å². The Morgan fingerprint density at radius 1 is 1.39 bits per heavy atom. The molecular weight excluding hydrogens is 272 g/mol. The van der Waals surface area contributed by atoms with Crippen molar-refractivity contribution in [1.29, 1.82) is 0 Å². The quantitative estimate of drug-likeness (QED) is 0.816. The normalized spacial score (nSPS) is 15.3. The molecule has 1 aliphatic rings. The Kier molecular flexibility index (Phi) is 5.19. The van der Waals surface area contributed by atoms with Crippen LogP contribution in [0, 0.1) is 5.92 Å². The Morgan fingerprint density at radius 3 is 2.67 bits per heavy atom. The maximum Gasteiger partial charge on any atom is 0.313 e. The summed E-state index contributed by atoms with van der Waals surface area (Å²) in [6.07, 6.45) is 2.02. The molecule has 0 radical (unpaired) electrons. The molecule has 0 spiro atoms. The van der Waals surface area contributed by atoms with E-state index in [1.54, 1.807) is 11.3 Å². The number of hydrogen-bond acceptors (Lipinski definition) is 5. The summed E-state index contributed by atoms with van der Waals surface area (Å²) in [6.45, 7) is 1.38. The van der Waals surface area contributed by atoms with Crippen molar-refractivity contribution in [3.8, 4) is 11.5 Å². The van der Waals surface area contributed by atoms with Crippen molar-refractivity contribution in [2.75, 3.05) is 24.7 Å². The zero-order valence-electron chi connectivity index (χ0n) is 9.96. The molecule has 1 aromatic rings. The highest BCUT2D eigenvalue weighted by Crippen LogP contribution is 2.34. The number of ether oxygens (including phenoxy) is 2. The summed E-state index contributed by atoms with van der Waals surface area (Å²) in [6, 6.07) is 0. The standard InChI is InChI=1S/C12H16O4S2/c13-12(14)8-17-3-1-2-9-4-15-10-6-18-7-11(10)16-5-9/h6-7,9H,1-5,8H2,(H,13,14). The van der Waals surface area contributed by atoms with Crippen LogP contribution in [0.15, 0.2) is 10.8 Å². The highest BCUT2D eigenvalue weighted by molar-refractivity contribution is 7.99. The van der Waals surface area contributed by atoms with Crippen LogP contribution in [0.2, 0.25) is 0 Å². The van der Waals surface area contributed by atoms with Gasteiger partial charge in [-0.25, -0.2) is 0 Å². The molecule has 0 bridgehead atoms. The zero-order chi connectivity index (χ0) is 12.8. The predicted octanol–water partition coefficient (Wildman–Crippen LogP) is 2.73. The van der Waals surface area contributed by atoms with Crippen LogP contribution in [0.25, 0.3) is 0 Å². The number of fused-ring (bicyclic) bond motifs is 1. The van der Waals surface area contributed by atoms with Gasteiger partial charge in [0.1, 0.15) is 0 Å². The molecule has 2 rings (SSSR count). The molecule has 0 saturated heterocycles. The van der Waals surface area contributed by atoms with Crippen LogP contribution in [0.5, 0.6) is 11.5 Å². The predicted molar refractivity (Wildman–Crippen MR) is 73.0 cm³/mol. The van der Waals surface area contributed by atoms with Crippen molar-refractivity contribution in [3.63, 3.8) is 0 Å². The molecule has 0 saturated carbocycles. The van der Waals surface area contributed by atoms with E-state index in [4.69, 9.17) is 14.6 Å². The van der Waals surface area contributed by atoms with Gasteiger partial charge in [0.15, 0.2) is 11.5 Å². The molecule has 1 aromatic heterocycles. The summed E-state index contributed by atoms with van der Waals surface area (Å²) in [5.74, 6) is 2.42. The number of hydrogen-bond donors (Lipinski definition) is 1. The molecule has 6 heteroatoms. The number of rotatable bonds is 6. The fourth-order valence-electron chi connectivity index (χ4n) is 1.75. The Hall–Kier alpha value is -0.880. The number of thioether (sulfide) groups is 1. The molecule has 18 heavy (non-hydrogen) atoms. The van der Waals surface area contributed by atoms with Crippen LogP contribution in [-0.2, 0) is 4.79 Å². The monoisotopic (exact) mass is 288 g/mol. The molecule has 0 aliphatic carbocycles. The first-order valence-electron chi connectivity index (χ1n) is 5.87. The van der Waals surface area contributed by atoms with Crippen molar-refractivity contribution in [3.05, 3.63) is 10.8 Å². The zero-order valence-corrected chi connectivity index (χ0v) is 11.6. The van der Waals surface area contributed by atoms with E-state index in [-0.39, 0.29) is 5.75 Å². The minimum atomic E-state index is -0.745. The van der Waals surface area contributed by atoms with Crippen LogP contribution in [-0.4, -0.2) is 35.8 Å². The number of aliphatic carboxylic acids is 1. The maximum absolute atomic E-state index is 10.3. The molecule has 1 aliphatic heterocycles. The second-order valence-electron chi connectivity index (χ2n) is 4.18. The molecule has 0 unspecified atom stereocenters. The minimum Gasteiger partial charge on any atom is -0.488 e. The van der Waals surface area contributed by atoms with Gasteiger partial charge in [0, 0.05) is 16.7 Å². The van der Waals surface area contributed by atoms with Gasteiger partial charge in [-0.2, -0.15) is 11.8 Å². The number of carboxylic acid groups (broad SMARTS) is 1. The molecule has 0 atom stereocenters. The number of thiophene rings is 1. The van der Waals surface area contributed by atoms with Gasteiger partial charge in [0.05, 0.1) is 19.0 Å². The topological polar surface area (TPSA) is 55.8 Å². The summed E-state index contributed by atoms with van der Waals surface area (Å²) in [5, 5.41) is 12.4. The summed E-state index contributed by atoms with van der Waals surface area (Å²) < 4.78 is 11.4. The lowest BCUT2D eigenvalue weighted by atomic mass is 10.1. The highest BCUT2D eigenvalue weighted by Gasteiger charge is 2.18. The molecule has 0 fully saturated rings. The first-order chi connectivity index (χ1) is 8.75. The van der Waals surface area contributed by atoms with Gasteiger partial charge in [-0.1, -0.05) is 0 Å². The Balaban J connectivity index is 1.63. The summed E-state index contributed by atoms with van der Waals surface area (Å²) in [4.78, 5) is 10.3. The van der Waals surface area contributed by atoms with Crippen LogP contribution >= 0.6 is 23.1 Å². The Bertz CT molecular complexity index is 369.